The minimum atomic E-state index is 0. The van der Waals surface area contributed by atoms with E-state index >= 15 is 0 Å². The van der Waals surface area contributed by atoms with Crippen molar-refractivity contribution in [2.75, 3.05) is 65.4 Å². The van der Waals surface area contributed by atoms with Gasteiger partial charge in [-0.05, 0) is 6.26 Å². The molecule has 0 bridgehead atoms. The van der Waals surface area contributed by atoms with E-state index in [0.29, 0.717) is 39.6 Å². The fourth-order valence-corrected chi connectivity index (χ4v) is 1.11. The monoisotopic (exact) mass is 435 g/mol. The van der Waals surface area contributed by atoms with Crippen LogP contribution >= 0.6 is 11.8 Å². The summed E-state index contributed by atoms with van der Waals surface area (Å²) in [7, 11) is 1.66. The maximum Gasteiger partial charge on any atom is 0.0701 e. The Morgan fingerprint density at radius 3 is 1.62 bits per heavy atom. The van der Waals surface area contributed by atoms with Crippen LogP contribution in [0.1, 0.15) is 0 Å². The van der Waals surface area contributed by atoms with Gasteiger partial charge in [0.05, 0.1) is 46.2 Å². The van der Waals surface area contributed by atoms with Crippen LogP contribution < -0.4 is 0 Å². The maximum absolute atomic E-state index is 5.31. The minimum Gasteiger partial charge on any atom is -0.382 e. The van der Waals surface area contributed by atoms with Crippen LogP contribution in [0.2, 0.25) is 0 Å². The molecule has 0 heterocycles. The summed E-state index contributed by atoms with van der Waals surface area (Å²) in [4.78, 5) is 0. The average Bonchev–Trinajstić information content (AvgIpc) is 2.26. The summed E-state index contributed by atoms with van der Waals surface area (Å²) in [5, 5.41) is 0. The quantitative estimate of drug-likeness (QED) is 0.339. The molecule has 1 radical (unpaired) electrons. The van der Waals surface area contributed by atoms with E-state index in [2.05, 4.69) is 6.26 Å². The van der Waals surface area contributed by atoms with Gasteiger partial charge in [-0.25, -0.2) is 0 Å². The molecule has 0 atom stereocenters. The van der Waals surface area contributed by atoms with Crippen molar-refractivity contribution in [3.05, 3.63) is 0 Å². The fourth-order valence-electron chi connectivity index (χ4n) is 0.826. The zero-order valence-corrected chi connectivity index (χ0v) is 13.0. The van der Waals surface area contributed by atoms with Gasteiger partial charge in [-0.3, -0.25) is 0 Å². The Morgan fingerprint density at radius 1 is 0.750 bits per heavy atom. The molecule has 0 fully saturated rings. The topological polar surface area (TPSA) is 36.9 Å². The van der Waals surface area contributed by atoms with E-state index in [1.165, 1.54) is 0 Å². The molecular formula is C10H22AuO4S. The summed E-state index contributed by atoms with van der Waals surface area (Å²) in [5.41, 5.74) is 0. The predicted molar refractivity (Wildman–Crippen MR) is 62.7 cm³/mol. The second-order valence-electron chi connectivity index (χ2n) is 2.82. The largest absolute Gasteiger partial charge is 0.382 e. The molecule has 6 heteroatoms. The smallest absolute Gasteiger partial charge is 0.0701 e. The number of thioether (sulfide) groups is 1. The number of hydrogen-bond acceptors (Lipinski definition) is 5. The Hall–Kier alpha value is 0.930. The molecule has 16 heavy (non-hydrogen) atoms. The number of hydrogen-bond donors (Lipinski definition) is 0. The zero-order chi connectivity index (χ0) is 11.2. The molecule has 0 unspecified atom stereocenters. The van der Waals surface area contributed by atoms with Gasteiger partial charge in [-0.15, -0.1) is 0 Å². The molecule has 0 rings (SSSR count). The third-order valence-electron chi connectivity index (χ3n) is 1.61. The van der Waals surface area contributed by atoms with E-state index in [4.69, 9.17) is 18.9 Å². The first kappa shape index (κ1) is 19.3. The van der Waals surface area contributed by atoms with Crippen LogP contribution in [-0.4, -0.2) is 65.4 Å². The van der Waals surface area contributed by atoms with Crippen molar-refractivity contribution in [2.45, 2.75) is 0 Å². The van der Waals surface area contributed by atoms with Crippen LogP contribution in [0.3, 0.4) is 0 Å². The number of rotatable bonds is 12. The van der Waals surface area contributed by atoms with Crippen LogP contribution in [-0.2, 0) is 41.3 Å². The van der Waals surface area contributed by atoms with Crippen LogP contribution in [0.15, 0.2) is 0 Å². The third kappa shape index (κ3) is 17.3. The molecule has 0 spiro atoms. The van der Waals surface area contributed by atoms with Gasteiger partial charge in [-0.2, -0.15) is 11.8 Å². The molecular weight excluding hydrogens is 413 g/mol. The average molecular weight is 435 g/mol. The van der Waals surface area contributed by atoms with E-state index in [1.54, 1.807) is 18.9 Å². The van der Waals surface area contributed by atoms with Gasteiger partial charge in [0.1, 0.15) is 0 Å². The Kier molecular flexibility index (Phi) is 22.0. The van der Waals surface area contributed by atoms with Crippen molar-refractivity contribution in [1.82, 2.24) is 0 Å². The molecule has 103 valence electrons. The Labute approximate surface area is 118 Å². The standard InChI is InChI=1S/C10H22O4S.Au/c1-11-3-4-12-5-6-13-7-8-14-9-10-15-2;/h3-10H2,1-2H3;. The van der Waals surface area contributed by atoms with Gasteiger partial charge in [0.15, 0.2) is 0 Å². The summed E-state index contributed by atoms with van der Waals surface area (Å²) in [6.45, 7) is 4.61. The number of methoxy groups -OCH3 is 1. The van der Waals surface area contributed by atoms with Gasteiger partial charge in [0.25, 0.3) is 0 Å². The molecule has 0 aliphatic carbocycles. The maximum atomic E-state index is 5.31. The van der Waals surface area contributed by atoms with Crippen molar-refractivity contribution in [1.29, 1.82) is 0 Å². The van der Waals surface area contributed by atoms with Crippen LogP contribution in [0.25, 0.3) is 0 Å². The summed E-state index contributed by atoms with van der Waals surface area (Å²) in [5.74, 6) is 1.04. The van der Waals surface area contributed by atoms with Crippen molar-refractivity contribution < 1.29 is 41.3 Å². The Bertz CT molecular complexity index is 107. The summed E-state index contributed by atoms with van der Waals surface area (Å²) >= 11 is 1.78. The molecule has 0 saturated heterocycles. The van der Waals surface area contributed by atoms with Crippen molar-refractivity contribution in [3.63, 3.8) is 0 Å². The van der Waals surface area contributed by atoms with E-state index < -0.39 is 0 Å². The van der Waals surface area contributed by atoms with Crippen molar-refractivity contribution in [2.24, 2.45) is 0 Å². The van der Waals surface area contributed by atoms with Gasteiger partial charge in [0.2, 0.25) is 0 Å². The van der Waals surface area contributed by atoms with Crippen LogP contribution in [0.5, 0.6) is 0 Å². The van der Waals surface area contributed by atoms with E-state index in [-0.39, 0.29) is 22.4 Å². The SMILES string of the molecule is COCCOCCOCCOCCSC.[Au]. The minimum absolute atomic E-state index is 0. The molecule has 0 N–H and O–H groups in total. The first-order valence-corrected chi connectivity index (χ1v) is 6.52. The first-order chi connectivity index (χ1) is 7.41. The molecule has 0 aromatic rings. The van der Waals surface area contributed by atoms with Crippen LogP contribution in [0, 0.1) is 0 Å². The van der Waals surface area contributed by atoms with E-state index in [1.807, 2.05) is 0 Å². The summed E-state index contributed by atoms with van der Waals surface area (Å²) < 4.78 is 20.7. The molecule has 0 aliphatic heterocycles. The second-order valence-corrected chi connectivity index (χ2v) is 3.81. The molecule has 0 amide bonds. The van der Waals surface area contributed by atoms with Gasteiger partial charge >= 0.3 is 0 Å². The van der Waals surface area contributed by atoms with E-state index in [9.17, 15) is 0 Å². The number of ether oxygens (including phenoxy) is 4. The zero-order valence-electron chi connectivity index (χ0n) is 10.00. The molecule has 4 nitrogen and oxygen atoms in total. The normalized spacial score (nSPS) is 10.1. The van der Waals surface area contributed by atoms with Crippen molar-refractivity contribution >= 4 is 11.8 Å². The Morgan fingerprint density at radius 2 is 1.19 bits per heavy atom. The second kappa shape index (κ2) is 18.3. The third-order valence-corrected chi connectivity index (χ3v) is 2.18. The molecule has 0 saturated carbocycles. The van der Waals surface area contributed by atoms with Crippen LogP contribution in [0.4, 0.5) is 0 Å². The van der Waals surface area contributed by atoms with Gasteiger partial charge < -0.3 is 18.9 Å². The molecule has 0 aromatic carbocycles. The van der Waals surface area contributed by atoms with Gasteiger partial charge in [-0.1, -0.05) is 0 Å². The van der Waals surface area contributed by atoms with Gasteiger partial charge in [0, 0.05) is 35.2 Å². The first-order valence-electron chi connectivity index (χ1n) is 5.13. The van der Waals surface area contributed by atoms with Crippen molar-refractivity contribution in [3.8, 4) is 0 Å². The molecule has 0 aliphatic rings. The molecule has 0 aromatic heterocycles. The summed E-state index contributed by atoms with van der Waals surface area (Å²) in [6, 6.07) is 0. The predicted octanol–water partition coefficient (Wildman–Crippen LogP) is 1.04. The Balaban J connectivity index is 0. The fraction of sp³-hybridized carbons (Fsp3) is 1.00. The van der Waals surface area contributed by atoms with E-state index in [0.717, 1.165) is 12.4 Å². The summed E-state index contributed by atoms with van der Waals surface area (Å²) in [6.07, 6.45) is 2.07.